The summed E-state index contributed by atoms with van der Waals surface area (Å²) in [6.45, 7) is 3.72. The van der Waals surface area contributed by atoms with Gasteiger partial charge in [-0.2, -0.15) is 0 Å². The Hall–Kier alpha value is -3.08. The molecular weight excluding hydrogens is 374 g/mol. The molecule has 0 aliphatic heterocycles. The Bertz CT molecular complexity index is 920. The van der Waals surface area contributed by atoms with Crippen LogP contribution in [0.3, 0.4) is 0 Å². The SMILES string of the molecule is COC(=O)NCCCCCCCn1c(C)nc(-c2ccccc2)c1-c1ccccc1. The Kier molecular flexibility index (Phi) is 8.07. The summed E-state index contributed by atoms with van der Waals surface area (Å²) in [5.41, 5.74) is 4.59. The second kappa shape index (κ2) is 11.2. The van der Waals surface area contributed by atoms with Gasteiger partial charge in [0, 0.05) is 24.2 Å². The van der Waals surface area contributed by atoms with Crippen LogP contribution >= 0.6 is 0 Å². The number of aryl methyl sites for hydroxylation is 1. The van der Waals surface area contributed by atoms with E-state index in [2.05, 4.69) is 70.1 Å². The molecule has 0 bridgehead atoms. The molecule has 0 fully saturated rings. The van der Waals surface area contributed by atoms with Crippen LogP contribution in [0.15, 0.2) is 60.7 Å². The van der Waals surface area contributed by atoms with Crippen LogP contribution < -0.4 is 5.32 Å². The molecule has 2 aromatic carbocycles. The third-order valence-corrected chi connectivity index (χ3v) is 5.27. The third-order valence-electron chi connectivity index (χ3n) is 5.27. The van der Waals surface area contributed by atoms with Crippen molar-refractivity contribution in [2.24, 2.45) is 0 Å². The number of alkyl carbamates (subject to hydrolysis) is 1. The summed E-state index contributed by atoms with van der Waals surface area (Å²) >= 11 is 0. The van der Waals surface area contributed by atoms with Gasteiger partial charge < -0.3 is 14.6 Å². The lowest BCUT2D eigenvalue weighted by Gasteiger charge is -2.12. The number of benzene rings is 2. The van der Waals surface area contributed by atoms with Crippen LogP contribution in [0.1, 0.15) is 37.9 Å². The van der Waals surface area contributed by atoms with Crippen LogP contribution in [-0.2, 0) is 11.3 Å². The van der Waals surface area contributed by atoms with Gasteiger partial charge in [-0.15, -0.1) is 0 Å². The van der Waals surface area contributed by atoms with Crippen molar-refractivity contribution in [2.75, 3.05) is 13.7 Å². The molecule has 0 atom stereocenters. The van der Waals surface area contributed by atoms with Crippen molar-refractivity contribution in [3.05, 3.63) is 66.5 Å². The van der Waals surface area contributed by atoms with E-state index in [0.29, 0.717) is 6.54 Å². The predicted molar refractivity (Wildman–Crippen MR) is 121 cm³/mol. The van der Waals surface area contributed by atoms with Crippen LogP contribution in [0.5, 0.6) is 0 Å². The van der Waals surface area contributed by atoms with Crippen LogP contribution in [0, 0.1) is 6.92 Å². The highest BCUT2D eigenvalue weighted by Gasteiger charge is 2.17. The van der Waals surface area contributed by atoms with Gasteiger partial charge in [0.1, 0.15) is 5.82 Å². The van der Waals surface area contributed by atoms with E-state index < -0.39 is 0 Å². The van der Waals surface area contributed by atoms with E-state index in [1.165, 1.54) is 18.4 Å². The molecule has 0 aliphatic carbocycles. The monoisotopic (exact) mass is 405 g/mol. The van der Waals surface area contributed by atoms with E-state index in [0.717, 1.165) is 55.7 Å². The maximum Gasteiger partial charge on any atom is 0.406 e. The second-order valence-electron chi connectivity index (χ2n) is 7.43. The molecule has 3 aromatic rings. The number of unbranched alkanes of at least 4 members (excludes halogenated alkanes) is 4. The number of carbonyl (C=O) groups is 1. The number of amides is 1. The fourth-order valence-electron chi connectivity index (χ4n) is 3.71. The standard InChI is InChI=1S/C25H31N3O2/c1-20-27-23(21-14-8-6-9-15-21)24(22-16-10-7-11-17-22)28(20)19-13-5-3-4-12-18-26-25(29)30-2/h6-11,14-17H,3-5,12-13,18-19H2,1-2H3,(H,26,29). The molecule has 1 amide bonds. The number of ether oxygens (including phenoxy) is 1. The van der Waals surface area contributed by atoms with E-state index in [1.807, 2.05) is 12.1 Å². The van der Waals surface area contributed by atoms with Gasteiger partial charge in [0.25, 0.3) is 0 Å². The van der Waals surface area contributed by atoms with Crippen LogP contribution in [0.4, 0.5) is 4.79 Å². The Labute approximate surface area is 179 Å². The highest BCUT2D eigenvalue weighted by Crippen LogP contribution is 2.33. The van der Waals surface area contributed by atoms with Gasteiger partial charge in [-0.1, -0.05) is 79.9 Å². The topological polar surface area (TPSA) is 56.1 Å². The smallest absolute Gasteiger partial charge is 0.406 e. The summed E-state index contributed by atoms with van der Waals surface area (Å²) in [6, 6.07) is 21.0. The van der Waals surface area contributed by atoms with Crippen molar-refractivity contribution < 1.29 is 9.53 Å². The number of nitrogens with one attached hydrogen (secondary N) is 1. The number of imidazole rings is 1. The first kappa shape index (κ1) is 21.6. The van der Waals surface area contributed by atoms with E-state index in [9.17, 15) is 4.79 Å². The summed E-state index contributed by atoms with van der Waals surface area (Å²) in [5.74, 6) is 1.05. The van der Waals surface area contributed by atoms with E-state index in [1.54, 1.807) is 0 Å². The number of rotatable bonds is 10. The number of hydrogen-bond acceptors (Lipinski definition) is 3. The molecule has 0 saturated heterocycles. The minimum atomic E-state index is -0.353. The molecule has 5 heteroatoms. The molecule has 0 saturated carbocycles. The van der Waals surface area contributed by atoms with Crippen LogP contribution in [0.25, 0.3) is 22.5 Å². The molecule has 0 unspecified atom stereocenters. The summed E-state index contributed by atoms with van der Waals surface area (Å²) < 4.78 is 6.94. The lowest BCUT2D eigenvalue weighted by atomic mass is 10.0. The lowest BCUT2D eigenvalue weighted by Crippen LogP contribution is -2.23. The molecular formula is C25H31N3O2. The molecule has 158 valence electrons. The molecule has 1 aromatic heterocycles. The average molecular weight is 406 g/mol. The fourth-order valence-corrected chi connectivity index (χ4v) is 3.71. The minimum absolute atomic E-state index is 0.353. The fraction of sp³-hybridized carbons (Fsp3) is 0.360. The lowest BCUT2D eigenvalue weighted by molar-refractivity contribution is 0.171. The molecule has 0 radical (unpaired) electrons. The molecule has 0 aliphatic rings. The zero-order valence-corrected chi connectivity index (χ0v) is 17.9. The van der Waals surface area contributed by atoms with Gasteiger partial charge >= 0.3 is 6.09 Å². The summed E-state index contributed by atoms with van der Waals surface area (Å²) in [6.07, 6.45) is 5.15. The van der Waals surface area contributed by atoms with Crippen molar-refractivity contribution in [1.29, 1.82) is 0 Å². The summed E-state index contributed by atoms with van der Waals surface area (Å²) in [5, 5.41) is 2.73. The molecule has 0 spiro atoms. The summed E-state index contributed by atoms with van der Waals surface area (Å²) in [7, 11) is 1.39. The minimum Gasteiger partial charge on any atom is -0.453 e. The van der Waals surface area contributed by atoms with Crippen molar-refractivity contribution >= 4 is 6.09 Å². The highest BCUT2D eigenvalue weighted by atomic mass is 16.5. The van der Waals surface area contributed by atoms with E-state index >= 15 is 0 Å². The van der Waals surface area contributed by atoms with E-state index in [4.69, 9.17) is 4.98 Å². The number of carbonyl (C=O) groups excluding carboxylic acids is 1. The first-order chi connectivity index (χ1) is 14.7. The Morgan fingerprint density at radius 2 is 1.50 bits per heavy atom. The highest BCUT2D eigenvalue weighted by molar-refractivity contribution is 5.79. The Balaban J connectivity index is 1.64. The van der Waals surface area contributed by atoms with Crippen molar-refractivity contribution in [2.45, 2.75) is 45.6 Å². The summed E-state index contributed by atoms with van der Waals surface area (Å²) in [4.78, 5) is 16.0. The Morgan fingerprint density at radius 1 is 0.900 bits per heavy atom. The maximum atomic E-state index is 11.0. The largest absolute Gasteiger partial charge is 0.453 e. The normalized spacial score (nSPS) is 10.7. The van der Waals surface area contributed by atoms with Crippen LogP contribution in [0.2, 0.25) is 0 Å². The molecule has 30 heavy (non-hydrogen) atoms. The number of hydrogen-bond donors (Lipinski definition) is 1. The number of methoxy groups -OCH3 is 1. The second-order valence-corrected chi connectivity index (χ2v) is 7.43. The number of aromatic nitrogens is 2. The van der Waals surface area contributed by atoms with Gasteiger partial charge in [-0.05, 0) is 19.8 Å². The third kappa shape index (κ3) is 5.72. The first-order valence-electron chi connectivity index (χ1n) is 10.7. The molecule has 3 rings (SSSR count). The number of nitrogens with zero attached hydrogens (tertiary/aromatic N) is 2. The van der Waals surface area contributed by atoms with Gasteiger partial charge in [-0.3, -0.25) is 0 Å². The van der Waals surface area contributed by atoms with Gasteiger partial charge in [0.15, 0.2) is 0 Å². The molecule has 5 nitrogen and oxygen atoms in total. The zero-order chi connectivity index (χ0) is 21.2. The maximum absolute atomic E-state index is 11.0. The zero-order valence-electron chi connectivity index (χ0n) is 17.9. The first-order valence-corrected chi connectivity index (χ1v) is 10.7. The van der Waals surface area contributed by atoms with Gasteiger partial charge in [0.05, 0.1) is 18.5 Å². The van der Waals surface area contributed by atoms with Gasteiger partial charge in [0.2, 0.25) is 0 Å². The molecule has 1 heterocycles. The van der Waals surface area contributed by atoms with E-state index in [-0.39, 0.29) is 6.09 Å². The van der Waals surface area contributed by atoms with Crippen molar-refractivity contribution in [3.8, 4) is 22.5 Å². The van der Waals surface area contributed by atoms with Crippen molar-refractivity contribution in [3.63, 3.8) is 0 Å². The molecule has 1 N–H and O–H groups in total. The quantitative estimate of drug-likeness (QED) is 0.432. The predicted octanol–water partition coefficient (Wildman–Crippen LogP) is 5.83. The van der Waals surface area contributed by atoms with Crippen LogP contribution in [-0.4, -0.2) is 29.3 Å². The Morgan fingerprint density at radius 3 is 2.17 bits per heavy atom. The van der Waals surface area contributed by atoms with Crippen molar-refractivity contribution in [1.82, 2.24) is 14.9 Å². The van der Waals surface area contributed by atoms with Gasteiger partial charge in [-0.25, -0.2) is 9.78 Å². The average Bonchev–Trinajstić information content (AvgIpc) is 3.12.